The van der Waals surface area contributed by atoms with Gasteiger partial charge in [-0.05, 0) is 23.6 Å². The minimum atomic E-state index is -0.199. The predicted octanol–water partition coefficient (Wildman–Crippen LogP) is 2.15. The van der Waals surface area contributed by atoms with Crippen LogP contribution in [0, 0.1) is 0 Å². The Balaban J connectivity index is 2.21. The Bertz CT molecular complexity index is 710. The number of thiophene rings is 1. The fraction of sp³-hybridized carbons (Fsp3) is 0.0833. The number of phenolic OH excluding ortho intramolecular Hbond substituents is 1. The van der Waals surface area contributed by atoms with E-state index in [0.29, 0.717) is 17.6 Å². The van der Waals surface area contributed by atoms with Crippen molar-refractivity contribution in [1.82, 2.24) is 9.55 Å². The van der Waals surface area contributed by atoms with Crippen LogP contribution in [0.25, 0.3) is 11.0 Å². The van der Waals surface area contributed by atoms with Gasteiger partial charge in [0, 0.05) is 4.88 Å². The van der Waals surface area contributed by atoms with Crippen LogP contribution in [0.2, 0.25) is 0 Å². The standard InChI is InChI=1S/C12H10N2O2S/c15-10-5-1-4-9-11(10)14(12(16)13-9)7-8-3-2-6-17-8/h1-6,15H,7H2,(H,13,16). The average Bonchev–Trinajstić information content (AvgIpc) is 2.89. The summed E-state index contributed by atoms with van der Waals surface area (Å²) in [6.07, 6.45) is 0. The van der Waals surface area contributed by atoms with Crippen LogP contribution in [0.1, 0.15) is 4.88 Å². The molecule has 0 aliphatic heterocycles. The monoisotopic (exact) mass is 246 g/mol. The summed E-state index contributed by atoms with van der Waals surface area (Å²) in [6.45, 7) is 0.480. The molecule has 86 valence electrons. The molecular formula is C12H10N2O2S. The zero-order chi connectivity index (χ0) is 11.8. The molecule has 0 aliphatic carbocycles. The maximum Gasteiger partial charge on any atom is 0.326 e. The zero-order valence-electron chi connectivity index (χ0n) is 8.88. The van der Waals surface area contributed by atoms with Crippen molar-refractivity contribution >= 4 is 22.4 Å². The van der Waals surface area contributed by atoms with E-state index in [4.69, 9.17) is 0 Å². The highest BCUT2D eigenvalue weighted by Crippen LogP contribution is 2.23. The van der Waals surface area contributed by atoms with E-state index in [1.807, 2.05) is 17.5 Å². The highest BCUT2D eigenvalue weighted by atomic mass is 32.1. The van der Waals surface area contributed by atoms with Crippen LogP contribution in [0.15, 0.2) is 40.5 Å². The van der Waals surface area contributed by atoms with Gasteiger partial charge in [-0.1, -0.05) is 12.1 Å². The van der Waals surface area contributed by atoms with Gasteiger partial charge in [-0.2, -0.15) is 0 Å². The first kappa shape index (κ1) is 10.2. The second kappa shape index (κ2) is 3.78. The number of nitrogens with zero attached hydrogens (tertiary/aromatic N) is 1. The number of H-pyrrole nitrogens is 1. The minimum absolute atomic E-state index is 0.123. The number of benzene rings is 1. The van der Waals surface area contributed by atoms with E-state index in [-0.39, 0.29) is 11.4 Å². The molecule has 4 nitrogen and oxygen atoms in total. The van der Waals surface area contributed by atoms with Gasteiger partial charge in [0.05, 0.1) is 12.1 Å². The van der Waals surface area contributed by atoms with Crippen molar-refractivity contribution in [3.63, 3.8) is 0 Å². The van der Waals surface area contributed by atoms with E-state index < -0.39 is 0 Å². The molecule has 0 atom stereocenters. The molecule has 3 aromatic rings. The van der Waals surface area contributed by atoms with Crippen LogP contribution in [0.3, 0.4) is 0 Å². The number of phenols is 1. The number of aromatic nitrogens is 2. The number of rotatable bonds is 2. The van der Waals surface area contributed by atoms with Crippen molar-refractivity contribution in [2.75, 3.05) is 0 Å². The molecule has 0 unspecified atom stereocenters. The van der Waals surface area contributed by atoms with Crippen molar-refractivity contribution in [3.8, 4) is 5.75 Å². The van der Waals surface area contributed by atoms with Gasteiger partial charge in [-0.15, -0.1) is 11.3 Å². The maximum atomic E-state index is 11.8. The normalized spacial score (nSPS) is 11.1. The van der Waals surface area contributed by atoms with Gasteiger partial charge >= 0.3 is 5.69 Å². The largest absolute Gasteiger partial charge is 0.506 e. The number of fused-ring (bicyclic) bond motifs is 1. The summed E-state index contributed by atoms with van der Waals surface area (Å²) in [4.78, 5) is 15.6. The Hall–Kier alpha value is -2.01. The van der Waals surface area contributed by atoms with E-state index in [2.05, 4.69) is 4.98 Å². The molecule has 0 saturated carbocycles. The molecule has 0 aliphatic rings. The topological polar surface area (TPSA) is 58.0 Å². The van der Waals surface area contributed by atoms with E-state index >= 15 is 0 Å². The number of aromatic amines is 1. The van der Waals surface area contributed by atoms with Crippen LogP contribution in [0.4, 0.5) is 0 Å². The first-order valence-corrected chi connectivity index (χ1v) is 6.06. The Morgan fingerprint density at radius 2 is 2.18 bits per heavy atom. The summed E-state index contributed by atoms with van der Waals surface area (Å²) in [6, 6.07) is 8.99. The van der Waals surface area contributed by atoms with Gasteiger partial charge in [-0.3, -0.25) is 4.57 Å². The zero-order valence-corrected chi connectivity index (χ0v) is 9.70. The van der Waals surface area contributed by atoms with Crippen molar-refractivity contribution in [1.29, 1.82) is 0 Å². The molecule has 1 aromatic carbocycles. The van der Waals surface area contributed by atoms with E-state index in [9.17, 15) is 9.90 Å². The van der Waals surface area contributed by atoms with Gasteiger partial charge in [0.25, 0.3) is 0 Å². The van der Waals surface area contributed by atoms with Gasteiger partial charge in [0.15, 0.2) is 0 Å². The SMILES string of the molecule is O=c1[nH]c2cccc(O)c2n1Cc1cccs1. The van der Waals surface area contributed by atoms with Crippen LogP contribution in [-0.4, -0.2) is 14.7 Å². The van der Waals surface area contributed by atoms with Crippen LogP contribution >= 0.6 is 11.3 Å². The number of para-hydroxylation sites is 1. The quantitative estimate of drug-likeness (QED) is 0.728. The second-order valence-electron chi connectivity index (χ2n) is 3.77. The summed E-state index contributed by atoms with van der Waals surface area (Å²) < 4.78 is 1.55. The Morgan fingerprint density at radius 1 is 1.29 bits per heavy atom. The lowest BCUT2D eigenvalue weighted by molar-refractivity contribution is 0.478. The molecule has 17 heavy (non-hydrogen) atoms. The molecule has 0 fully saturated rings. The molecule has 5 heteroatoms. The first-order valence-electron chi connectivity index (χ1n) is 5.18. The number of aromatic hydroxyl groups is 1. The summed E-state index contributed by atoms with van der Waals surface area (Å²) in [5, 5.41) is 11.8. The molecule has 2 heterocycles. The second-order valence-corrected chi connectivity index (χ2v) is 4.80. The lowest BCUT2D eigenvalue weighted by Crippen LogP contribution is -2.16. The third-order valence-corrected chi connectivity index (χ3v) is 3.53. The van der Waals surface area contributed by atoms with Crippen LogP contribution < -0.4 is 5.69 Å². The fourth-order valence-corrected chi connectivity index (χ4v) is 2.60. The van der Waals surface area contributed by atoms with Gasteiger partial charge in [0.2, 0.25) is 0 Å². The first-order chi connectivity index (χ1) is 8.25. The molecule has 3 rings (SSSR count). The van der Waals surface area contributed by atoms with Gasteiger partial charge in [-0.25, -0.2) is 4.79 Å². The number of imidazole rings is 1. The molecular weight excluding hydrogens is 236 g/mol. The van der Waals surface area contributed by atoms with Gasteiger partial charge in [0.1, 0.15) is 11.3 Å². The van der Waals surface area contributed by atoms with Crippen molar-refractivity contribution in [2.24, 2.45) is 0 Å². The number of hydrogen-bond acceptors (Lipinski definition) is 3. The fourth-order valence-electron chi connectivity index (χ4n) is 1.91. The van der Waals surface area contributed by atoms with E-state index in [1.165, 1.54) is 0 Å². The molecule has 0 bridgehead atoms. The molecule has 0 spiro atoms. The molecule has 0 saturated heterocycles. The summed E-state index contributed by atoms with van der Waals surface area (Å²) >= 11 is 1.59. The molecule has 2 aromatic heterocycles. The lowest BCUT2D eigenvalue weighted by Gasteiger charge is -2.02. The number of hydrogen-bond donors (Lipinski definition) is 2. The van der Waals surface area contributed by atoms with Crippen molar-refractivity contribution in [3.05, 3.63) is 51.1 Å². The maximum absolute atomic E-state index is 11.8. The summed E-state index contributed by atoms with van der Waals surface area (Å²) in [5.41, 5.74) is 1.02. The van der Waals surface area contributed by atoms with Crippen molar-refractivity contribution < 1.29 is 5.11 Å². The third-order valence-electron chi connectivity index (χ3n) is 2.67. The molecule has 0 amide bonds. The third kappa shape index (κ3) is 1.64. The minimum Gasteiger partial charge on any atom is -0.506 e. The number of nitrogens with one attached hydrogen (secondary N) is 1. The Kier molecular flexibility index (Phi) is 2.26. The highest BCUT2D eigenvalue weighted by Gasteiger charge is 2.10. The highest BCUT2D eigenvalue weighted by molar-refractivity contribution is 7.09. The molecule has 2 N–H and O–H groups in total. The summed E-state index contributed by atoms with van der Waals surface area (Å²) in [7, 11) is 0. The van der Waals surface area contributed by atoms with Crippen molar-refractivity contribution in [2.45, 2.75) is 6.54 Å². The van der Waals surface area contributed by atoms with Gasteiger partial charge < -0.3 is 10.1 Å². The lowest BCUT2D eigenvalue weighted by atomic mass is 10.3. The predicted molar refractivity (Wildman–Crippen MR) is 67.6 cm³/mol. The van der Waals surface area contributed by atoms with Crippen LogP contribution in [-0.2, 0) is 6.54 Å². The van der Waals surface area contributed by atoms with Crippen LogP contribution in [0.5, 0.6) is 5.75 Å². The molecule has 0 radical (unpaired) electrons. The Morgan fingerprint density at radius 3 is 2.94 bits per heavy atom. The van der Waals surface area contributed by atoms with E-state index in [1.54, 1.807) is 34.1 Å². The summed E-state index contributed by atoms with van der Waals surface area (Å²) in [5.74, 6) is 0.123. The van der Waals surface area contributed by atoms with E-state index in [0.717, 1.165) is 4.88 Å². The smallest absolute Gasteiger partial charge is 0.326 e. The Labute approximate surface area is 101 Å². The average molecular weight is 246 g/mol.